The van der Waals surface area contributed by atoms with E-state index in [2.05, 4.69) is 59.2 Å². The molecule has 14 nitrogen and oxygen atoms in total. The first-order chi connectivity index (χ1) is 28.6. The largest absolute Gasteiger partial charge is 0.488 e. The Kier molecular flexibility index (Phi) is 8.74. The minimum atomic E-state index is -0.754. The van der Waals surface area contributed by atoms with E-state index in [1.54, 1.807) is 18.5 Å². The molecule has 0 radical (unpaired) electrons. The van der Waals surface area contributed by atoms with Crippen LogP contribution in [0.2, 0.25) is 0 Å². The number of hydrogen-bond acceptors (Lipinski definition) is 11. The lowest BCUT2D eigenvalue weighted by Gasteiger charge is -2.57. The zero-order valence-corrected chi connectivity index (χ0v) is 33.4. The summed E-state index contributed by atoms with van der Waals surface area (Å²) < 4.78 is 28.8. The van der Waals surface area contributed by atoms with Crippen LogP contribution in [0, 0.1) is 11.2 Å². The van der Waals surface area contributed by atoms with Crippen LogP contribution in [0.3, 0.4) is 0 Å². The van der Waals surface area contributed by atoms with Crippen LogP contribution in [0.15, 0.2) is 42.7 Å². The number of halogens is 1. The SMILES string of the molecule is CC1(Oc2ccc3n[nH]c(-c4cc(N5CCC(O[C@H]6C[C@H](N7CCC8(CC7)CN(c7ccc9c(c7F)CN(C7CCC(=O)NC7=O)C9=O)C8)C6)CC5)ncn4)c3c2)CC1. The molecule has 5 aliphatic heterocycles. The van der Waals surface area contributed by atoms with E-state index in [0.717, 1.165) is 124 Å². The molecule has 11 rings (SSSR count). The molecule has 0 bridgehead atoms. The molecule has 6 fully saturated rings. The quantitative estimate of drug-likeness (QED) is 0.221. The van der Waals surface area contributed by atoms with Gasteiger partial charge < -0.3 is 29.1 Å². The van der Waals surface area contributed by atoms with Gasteiger partial charge in [0.2, 0.25) is 11.8 Å². The van der Waals surface area contributed by atoms with Gasteiger partial charge in [-0.15, -0.1) is 0 Å². The van der Waals surface area contributed by atoms with Crippen LogP contribution < -0.4 is 19.9 Å². The lowest BCUT2D eigenvalue weighted by Crippen LogP contribution is -2.62. The van der Waals surface area contributed by atoms with Crippen LogP contribution in [-0.4, -0.2) is 117 Å². The summed E-state index contributed by atoms with van der Waals surface area (Å²) >= 11 is 0. The Labute approximate surface area is 341 Å². The van der Waals surface area contributed by atoms with Crippen molar-refractivity contribution in [1.82, 2.24) is 35.3 Å². The molecule has 1 atom stereocenters. The number of H-pyrrole nitrogens is 1. The number of carbonyl (C=O) groups is 3. The zero-order chi connectivity index (χ0) is 40.0. The molecule has 1 unspecified atom stereocenters. The highest BCUT2D eigenvalue weighted by atomic mass is 19.1. The monoisotopic (exact) mass is 803 g/mol. The summed E-state index contributed by atoms with van der Waals surface area (Å²) in [5, 5.41) is 11.0. The van der Waals surface area contributed by atoms with E-state index in [1.165, 1.54) is 4.90 Å². The van der Waals surface area contributed by atoms with Crippen molar-refractivity contribution in [3.8, 4) is 17.1 Å². The molecule has 2 aromatic carbocycles. The van der Waals surface area contributed by atoms with Crippen molar-refractivity contribution in [1.29, 1.82) is 0 Å². The van der Waals surface area contributed by atoms with Gasteiger partial charge >= 0.3 is 0 Å². The molecule has 2 aromatic heterocycles. The second kappa shape index (κ2) is 14.0. The van der Waals surface area contributed by atoms with Gasteiger partial charge in [-0.1, -0.05) is 0 Å². The molecule has 4 saturated heterocycles. The molecule has 15 heteroatoms. The van der Waals surface area contributed by atoms with Crippen molar-refractivity contribution in [2.24, 2.45) is 5.41 Å². The zero-order valence-electron chi connectivity index (χ0n) is 33.4. The normalized spacial score (nSPS) is 26.5. The minimum absolute atomic E-state index is 0.0474. The molecule has 2 aliphatic carbocycles. The fourth-order valence-corrected chi connectivity index (χ4v) is 10.4. The Hall–Kier alpha value is -5.15. The fourth-order valence-electron chi connectivity index (χ4n) is 10.4. The van der Waals surface area contributed by atoms with Gasteiger partial charge in [-0.05, 0) is 108 Å². The summed E-state index contributed by atoms with van der Waals surface area (Å²) in [6.45, 7) is 7.69. The van der Waals surface area contributed by atoms with Crippen LogP contribution in [-0.2, 0) is 20.9 Å². The smallest absolute Gasteiger partial charge is 0.255 e. The molecule has 4 aromatic rings. The van der Waals surface area contributed by atoms with E-state index in [0.29, 0.717) is 29.0 Å². The summed E-state index contributed by atoms with van der Waals surface area (Å²) in [7, 11) is 0. The maximum absolute atomic E-state index is 15.9. The van der Waals surface area contributed by atoms with Gasteiger partial charge in [-0.3, -0.25) is 24.8 Å². The van der Waals surface area contributed by atoms with Crippen LogP contribution in [0.4, 0.5) is 15.9 Å². The van der Waals surface area contributed by atoms with Crippen LogP contribution >= 0.6 is 0 Å². The predicted octanol–water partition coefficient (Wildman–Crippen LogP) is 4.97. The third-order valence-corrected chi connectivity index (χ3v) is 14.4. The number of imide groups is 1. The van der Waals surface area contributed by atoms with Crippen molar-refractivity contribution in [2.75, 3.05) is 49.1 Å². The highest BCUT2D eigenvalue weighted by Crippen LogP contribution is 2.46. The fraction of sp³-hybridized carbons (Fsp3) is 0.545. The highest BCUT2D eigenvalue weighted by Gasteiger charge is 2.49. The summed E-state index contributed by atoms with van der Waals surface area (Å²) in [5.74, 6) is 0.237. The molecule has 7 heterocycles. The van der Waals surface area contributed by atoms with Crippen LogP contribution in [0.1, 0.15) is 87.1 Å². The van der Waals surface area contributed by atoms with Gasteiger partial charge in [0, 0.05) is 66.6 Å². The molecule has 59 heavy (non-hydrogen) atoms. The highest BCUT2D eigenvalue weighted by molar-refractivity contribution is 6.05. The summed E-state index contributed by atoms with van der Waals surface area (Å²) in [5.41, 5.74) is 3.91. The molecule has 7 aliphatic rings. The second-order valence-electron chi connectivity index (χ2n) is 18.4. The lowest BCUT2D eigenvalue weighted by atomic mass is 9.71. The Morgan fingerprint density at radius 1 is 0.881 bits per heavy atom. The number of nitrogens with zero attached hydrogens (tertiary/aromatic N) is 7. The Bertz CT molecular complexity index is 2340. The Morgan fingerprint density at radius 2 is 1.68 bits per heavy atom. The molecular formula is C44H50FN9O5. The number of ether oxygens (including phenoxy) is 2. The van der Waals surface area contributed by atoms with Gasteiger partial charge in [0.25, 0.3) is 5.91 Å². The van der Waals surface area contributed by atoms with Crippen molar-refractivity contribution < 1.29 is 28.2 Å². The van der Waals surface area contributed by atoms with Crippen molar-refractivity contribution >= 4 is 40.1 Å². The van der Waals surface area contributed by atoms with E-state index >= 15 is 4.39 Å². The number of piperidine rings is 3. The molecule has 2 saturated carbocycles. The third kappa shape index (κ3) is 6.70. The van der Waals surface area contributed by atoms with Crippen molar-refractivity contribution in [3.63, 3.8) is 0 Å². The first-order valence-electron chi connectivity index (χ1n) is 21.4. The van der Waals surface area contributed by atoms with Crippen LogP contribution in [0.25, 0.3) is 22.3 Å². The number of nitrogens with one attached hydrogen (secondary N) is 2. The van der Waals surface area contributed by atoms with E-state index in [-0.39, 0.29) is 54.1 Å². The Balaban J connectivity index is 0.632. The number of fused-ring (bicyclic) bond motifs is 2. The van der Waals surface area contributed by atoms with Gasteiger partial charge in [0.1, 0.15) is 29.5 Å². The van der Waals surface area contributed by atoms with Crippen LogP contribution in [0.5, 0.6) is 5.75 Å². The number of benzene rings is 2. The van der Waals surface area contributed by atoms with Crippen molar-refractivity contribution in [3.05, 3.63) is 59.7 Å². The maximum atomic E-state index is 15.9. The average Bonchev–Trinajstić information content (AvgIpc) is 3.63. The number of hydrogen-bond donors (Lipinski definition) is 2. The topological polar surface area (TPSA) is 149 Å². The average molecular weight is 804 g/mol. The maximum Gasteiger partial charge on any atom is 0.255 e. The molecule has 3 amide bonds. The minimum Gasteiger partial charge on any atom is -0.488 e. The number of anilines is 2. The van der Waals surface area contributed by atoms with Gasteiger partial charge in [-0.25, -0.2) is 14.4 Å². The number of aromatic amines is 1. The molecular weight excluding hydrogens is 754 g/mol. The number of likely N-dealkylation sites (tertiary alicyclic amines) is 1. The number of amides is 3. The first kappa shape index (κ1) is 36.9. The van der Waals surface area contributed by atoms with Gasteiger partial charge in [-0.2, -0.15) is 5.10 Å². The van der Waals surface area contributed by atoms with Gasteiger partial charge in [0.15, 0.2) is 5.82 Å². The van der Waals surface area contributed by atoms with E-state index in [9.17, 15) is 14.4 Å². The number of aromatic nitrogens is 4. The molecule has 308 valence electrons. The molecule has 1 spiro atoms. The number of carbonyl (C=O) groups excluding carboxylic acids is 3. The van der Waals surface area contributed by atoms with Gasteiger partial charge in [0.05, 0.1) is 41.3 Å². The molecule has 2 N–H and O–H groups in total. The second-order valence-corrected chi connectivity index (χ2v) is 18.4. The van der Waals surface area contributed by atoms with E-state index < -0.39 is 11.9 Å². The summed E-state index contributed by atoms with van der Waals surface area (Å²) in [6.07, 6.45) is 11.1. The summed E-state index contributed by atoms with van der Waals surface area (Å²) in [4.78, 5) is 55.0. The van der Waals surface area contributed by atoms with E-state index in [1.807, 2.05) is 12.1 Å². The standard InChI is InChI=1S/C44H50FN9O5/c1-43(10-11-43)59-28-2-4-33-31(20-28)40(50-49-33)34-21-37(47-25-46-34)52-14-8-27(9-15-52)58-29-18-26(19-29)51-16-12-44(13-17-51)23-53(24-44)35-5-3-30-32(39(35)45)22-54(42(30)57)36-6-7-38(55)48-41(36)56/h2-5,20-21,25-27,29,36H,6-19,22-24H2,1H3,(H,49,50)(H,48,55,56)/t26-,29-,36?. The first-order valence-corrected chi connectivity index (χ1v) is 21.4. The van der Waals surface area contributed by atoms with Crippen molar-refractivity contribution in [2.45, 2.75) is 108 Å². The number of rotatable bonds is 9. The Morgan fingerprint density at radius 3 is 2.44 bits per heavy atom. The lowest BCUT2D eigenvalue weighted by molar-refractivity contribution is -0.136. The summed E-state index contributed by atoms with van der Waals surface area (Å²) in [6, 6.07) is 11.3. The van der Waals surface area contributed by atoms with E-state index in [4.69, 9.17) is 9.47 Å². The third-order valence-electron chi connectivity index (χ3n) is 14.4. The predicted molar refractivity (Wildman–Crippen MR) is 216 cm³/mol.